The minimum absolute atomic E-state index is 0.108. The highest BCUT2D eigenvalue weighted by Crippen LogP contribution is 2.26. The Hall–Kier alpha value is -3.25. The minimum Gasteiger partial charge on any atom is -0.344 e. The van der Waals surface area contributed by atoms with E-state index in [4.69, 9.17) is 0 Å². The number of hydrogen-bond donors (Lipinski definition) is 1. The van der Waals surface area contributed by atoms with Crippen LogP contribution >= 0.6 is 11.3 Å². The molecular weight excluding hydrogens is 384 g/mol. The van der Waals surface area contributed by atoms with Gasteiger partial charge in [-0.05, 0) is 35.6 Å². The molecule has 0 unspecified atom stereocenters. The molecule has 1 atom stereocenters. The number of hydrogen-bond acceptors (Lipinski definition) is 4. The molecule has 2 aromatic carbocycles. The van der Waals surface area contributed by atoms with Crippen molar-refractivity contribution in [2.45, 2.75) is 18.9 Å². The predicted molar refractivity (Wildman–Crippen MR) is 112 cm³/mol. The molecule has 3 aromatic rings. The number of fused-ring (bicyclic) bond motifs is 1. The fourth-order valence-corrected chi connectivity index (χ4v) is 4.30. The average molecular weight is 404 g/mol. The Morgan fingerprint density at radius 3 is 2.17 bits per heavy atom. The van der Waals surface area contributed by atoms with Crippen LogP contribution in [0.1, 0.15) is 50.0 Å². The lowest BCUT2D eigenvalue weighted by atomic mass is 10.1. The summed E-state index contributed by atoms with van der Waals surface area (Å²) in [6.07, 6.45) is 0.658. The zero-order chi connectivity index (χ0) is 20.2. The molecule has 0 saturated heterocycles. The molecule has 6 heteroatoms. The lowest BCUT2D eigenvalue weighted by Crippen LogP contribution is -2.33. The van der Waals surface area contributed by atoms with Crippen molar-refractivity contribution in [3.05, 3.63) is 93.7 Å². The van der Waals surface area contributed by atoms with Gasteiger partial charge in [0.15, 0.2) is 0 Å². The molecule has 0 aliphatic carbocycles. The highest BCUT2D eigenvalue weighted by Gasteiger charge is 2.34. The predicted octanol–water partition coefficient (Wildman–Crippen LogP) is 4.03. The highest BCUT2D eigenvalue weighted by molar-refractivity contribution is 7.10. The molecular formula is C23H20N2O3S. The van der Waals surface area contributed by atoms with Crippen molar-refractivity contribution in [1.82, 2.24) is 10.2 Å². The van der Waals surface area contributed by atoms with Crippen LogP contribution in [-0.2, 0) is 4.79 Å². The summed E-state index contributed by atoms with van der Waals surface area (Å²) in [6.45, 7) is 0.231. The summed E-state index contributed by atoms with van der Waals surface area (Å²) < 4.78 is 0. The van der Waals surface area contributed by atoms with E-state index in [0.717, 1.165) is 10.4 Å². The Morgan fingerprint density at radius 1 is 0.897 bits per heavy atom. The zero-order valence-corrected chi connectivity index (χ0v) is 16.5. The molecule has 5 nitrogen and oxygen atoms in total. The van der Waals surface area contributed by atoms with E-state index in [1.54, 1.807) is 35.6 Å². The minimum atomic E-state index is -0.285. The summed E-state index contributed by atoms with van der Waals surface area (Å²) in [7, 11) is 0. The number of imide groups is 1. The monoisotopic (exact) mass is 404 g/mol. The summed E-state index contributed by atoms with van der Waals surface area (Å²) >= 11 is 1.59. The number of nitrogens with one attached hydrogen (secondary N) is 1. The second-order valence-corrected chi connectivity index (χ2v) is 7.82. The van der Waals surface area contributed by atoms with E-state index in [-0.39, 0.29) is 36.7 Å². The second kappa shape index (κ2) is 8.41. The average Bonchev–Trinajstić information content (AvgIpc) is 3.36. The van der Waals surface area contributed by atoms with Gasteiger partial charge < -0.3 is 5.32 Å². The zero-order valence-electron chi connectivity index (χ0n) is 15.7. The summed E-state index contributed by atoms with van der Waals surface area (Å²) in [4.78, 5) is 39.7. The Labute approximate surface area is 173 Å². The first-order valence-corrected chi connectivity index (χ1v) is 10.4. The maximum atomic E-state index is 12.6. The fraction of sp³-hybridized carbons (Fsp3) is 0.174. The number of carbonyl (C=O) groups excluding carboxylic acids is 3. The number of nitrogens with zero attached hydrogens (tertiary/aromatic N) is 1. The maximum absolute atomic E-state index is 12.6. The van der Waals surface area contributed by atoms with Crippen molar-refractivity contribution < 1.29 is 14.4 Å². The topological polar surface area (TPSA) is 66.5 Å². The van der Waals surface area contributed by atoms with Gasteiger partial charge in [0, 0.05) is 17.8 Å². The summed E-state index contributed by atoms with van der Waals surface area (Å²) in [5.41, 5.74) is 1.89. The standard InChI is InChI=1S/C23H20N2O3S/c26-20(24-21(19-12-7-15-29-19)16-8-2-1-3-9-16)13-6-14-25-22(27)17-10-4-5-11-18(17)23(25)28/h1-5,7-12,15,21H,6,13-14H2,(H,24,26)/t21-/m0/s1. The number of amides is 3. The van der Waals surface area contributed by atoms with E-state index in [9.17, 15) is 14.4 Å². The van der Waals surface area contributed by atoms with Crippen LogP contribution in [0.3, 0.4) is 0 Å². The van der Waals surface area contributed by atoms with Gasteiger partial charge in [0.25, 0.3) is 11.8 Å². The maximum Gasteiger partial charge on any atom is 0.261 e. The van der Waals surface area contributed by atoms with Gasteiger partial charge in [0.2, 0.25) is 5.91 Å². The fourth-order valence-electron chi connectivity index (χ4n) is 3.49. The van der Waals surface area contributed by atoms with E-state index < -0.39 is 0 Å². The largest absolute Gasteiger partial charge is 0.344 e. The molecule has 3 amide bonds. The molecule has 1 N–H and O–H groups in total. The van der Waals surface area contributed by atoms with Crippen molar-refractivity contribution in [3.63, 3.8) is 0 Å². The molecule has 1 aliphatic heterocycles. The van der Waals surface area contributed by atoms with Crippen LogP contribution in [0.2, 0.25) is 0 Å². The first-order valence-electron chi connectivity index (χ1n) is 9.48. The Morgan fingerprint density at radius 2 is 1.55 bits per heavy atom. The van der Waals surface area contributed by atoms with E-state index >= 15 is 0 Å². The smallest absolute Gasteiger partial charge is 0.261 e. The molecule has 146 valence electrons. The van der Waals surface area contributed by atoms with Crippen LogP contribution in [0, 0.1) is 0 Å². The van der Waals surface area contributed by atoms with Crippen LogP contribution in [0.5, 0.6) is 0 Å². The highest BCUT2D eigenvalue weighted by atomic mass is 32.1. The van der Waals surface area contributed by atoms with Gasteiger partial charge in [-0.25, -0.2) is 0 Å². The van der Waals surface area contributed by atoms with Crippen molar-refractivity contribution in [2.24, 2.45) is 0 Å². The van der Waals surface area contributed by atoms with Gasteiger partial charge in [-0.2, -0.15) is 0 Å². The molecule has 0 fully saturated rings. The Kier molecular flexibility index (Phi) is 5.53. The van der Waals surface area contributed by atoms with E-state index in [1.807, 2.05) is 47.8 Å². The van der Waals surface area contributed by atoms with Crippen molar-refractivity contribution >= 4 is 29.1 Å². The molecule has 4 rings (SSSR count). The third kappa shape index (κ3) is 3.98. The lowest BCUT2D eigenvalue weighted by Gasteiger charge is -2.19. The molecule has 29 heavy (non-hydrogen) atoms. The van der Waals surface area contributed by atoms with Gasteiger partial charge in [-0.15, -0.1) is 11.3 Å². The first-order chi connectivity index (χ1) is 14.1. The van der Waals surface area contributed by atoms with Gasteiger partial charge in [0.1, 0.15) is 0 Å². The Bertz CT molecular complexity index is 996. The van der Waals surface area contributed by atoms with Crippen LogP contribution < -0.4 is 5.32 Å². The molecule has 2 heterocycles. The summed E-state index contributed by atoms with van der Waals surface area (Å²) in [5.74, 6) is -0.678. The normalized spacial score (nSPS) is 14.0. The van der Waals surface area contributed by atoms with Gasteiger partial charge in [0.05, 0.1) is 17.2 Å². The van der Waals surface area contributed by atoms with Crippen molar-refractivity contribution in [3.8, 4) is 0 Å². The van der Waals surface area contributed by atoms with E-state index in [2.05, 4.69) is 5.32 Å². The molecule has 0 radical (unpaired) electrons. The van der Waals surface area contributed by atoms with Crippen LogP contribution in [-0.4, -0.2) is 29.2 Å². The van der Waals surface area contributed by atoms with Crippen molar-refractivity contribution in [1.29, 1.82) is 0 Å². The third-order valence-corrected chi connectivity index (χ3v) is 5.87. The van der Waals surface area contributed by atoms with Crippen LogP contribution in [0.4, 0.5) is 0 Å². The summed E-state index contributed by atoms with van der Waals surface area (Å²) in [6, 6.07) is 20.4. The second-order valence-electron chi connectivity index (χ2n) is 6.84. The lowest BCUT2D eigenvalue weighted by molar-refractivity contribution is -0.121. The SMILES string of the molecule is O=C(CCCN1C(=O)c2ccccc2C1=O)N[C@@H](c1ccccc1)c1cccs1. The Balaban J connectivity index is 1.36. The number of carbonyl (C=O) groups is 3. The first kappa shape index (κ1) is 19.1. The molecule has 0 spiro atoms. The van der Waals surface area contributed by atoms with Gasteiger partial charge in [-0.3, -0.25) is 19.3 Å². The van der Waals surface area contributed by atoms with Crippen LogP contribution in [0.15, 0.2) is 72.1 Å². The van der Waals surface area contributed by atoms with Crippen LogP contribution in [0.25, 0.3) is 0 Å². The number of thiophene rings is 1. The number of rotatable bonds is 7. The van der Waals surface area contributed by atoms with Gasteiger partial charge >= 0.3 is 0 Å². The molecule has 0 saturated carbocycles. The molecule has 1 aliphatic rings. The van der Waals surface area contributed by atoms with Gasteiger partial charge in [-0.1, -0.05) is 48.5 Å². The quantitative estimate of drug-likeness (QED) is 0.605. The molecule has 0 bridgehead atoms. The third-order valence-electron chi connectivity index (χ3n) is 4.93. The summed E-state index contributed by atoms with van der Waals surface area (Å²) in [5, 5.41) is 5.07. The van der Waals surface area contributed by atoms with E-state index in [1.165, 1.54) is 4.90 Å². The van der Waals surface area contributed by atoms with Crippen molar-refractivity contribution in [2.75, 3.05) is 6.54 Å². The molecule has 1 aromatic heterocycles. The number of benzene rings is 2. The van der Waals surface area contributed by atoms with E-state index in [0.29, 0.717) is 17.5 Å².